The summed E-state index contributed by atoms with van der Waals surface area (Å²) in [5, 5.41) is 0. The zero-order chi connectivity index (χ0) is 11.5. The number of thioether (sulfide) groups is 1. The van der Waals surface area contributed by atoms with Crippen LogP contribution in [-0.2, 0) is 11.9 Å². The first kappa shape index (κ1) is 12.4. The van der Waals surface area contributed by atoms with Gasteiger partial charge in [-0.3, -0.25) is 0 Å². The summed E-state index contributed by atoms with van der Waals surface area (Å²) >= 11 is 1.50. The molecule has 1 aromatic carbocycles. The average Bonchev–Trinajstić information content (AvgIpc) is 2.15. The van der Waals surface area contributed by atoms with Gasteiger partial charge in [0, 0.05) is 5.75 Å². The summed E-state index contributed by atoms with van der Waals surface area (Å²) in [4.78, 5) is 0. The molecule has 0 aliphatic rings. The lowest BCUT2D eigenvalue weighted by Gasteiger charge is -2.09. The summed E-state index contributed by atoms with van der Waals surface area (Å²) in [6.07, 6.45) is -4.61. The summed E-state index contributed by atoms with van der Waals surface area (Å²) in [5.74, 6) is 0.0752. The van der Waals surface area contributed by atoms with Crippen LogP contribution in [0.2, 0.25) is 0 Å². The summed E-state index contributed by atoms with van der Waals surface area (Å²) in [6.45, 7) is 1.92. The Morgan fingerprint density at radius 1 is 1.27 bits per heavy atom. The molecule has 84 valence electrons. The lowest BCUT2D eigenvalue weighted by molar-refractivity contribution is -0.140. The molecule has 0 atom stereocenters. The predicted molar refractivity (Wildman–Crippen MR) is 53.2 cm³/mol. The molecular weight excluding hydrogens is 228 g/mol. The second kappa shape index (κ2) is 4.88. The molecule has 0 aliphatic heterocycles. The lowest BCUT2D eigenvalue weighted by atomic mass is 10.1. The van der Waals surface area contributed by atoms with Crippen molar-refractivity contribution < 1.29 is 17.6 Å². The van der Waals surface area contributed by atoms with Crippen LogP contribution in [0.3, 0.4) is 0 Å². The minimum atomic E-state index is -4.61. The normalized spacial score (nSPS) is 11.8. The highest BCUT2D eigenvalue weighted by Gasteiger charge is 2.34. The summed E-state index contributed by atoms with van der Waals surface area (Å²) < 4.78 is 49.8. The molecule has 0 saturated heterocycles. The standard InChI is InChI=1S/C10H10F4S/c1-2-15-6-7-3-4-9(11)8(5-7)10(12,13)14/h3-5H,2,6H2,1H3. The Kier molecular flexibility index (Phi) is 4.02. The Morgan fingerprint density at radius 2 is 1.93 bits per heavy atom. The second-order valence-electron chi connectivity index (χ2n) is 2.95. The third-order valence-electron chi connectivity index (χ3n) is 1.81. The lowest BCUT2D eigenvalue weighted by Crippen LogP contribution is -2.08. The Bertz CT molecular complexity index is 333. The van der Waals surface area contributed by atoms with E-state index in [2.05, 4.69) is 0 Å². The molecule has 0 fully saturated rings. The maximum absolute atomic E-state index is 12.9. The van der Waals surface area contributed by atoms with Gasteiger partial charge in [-0.1, -0.05) is 13.0 Å². The highest BCUT2D eigenvalue weighted by atomic mass is 32.2. The summed E-state index contributed by atoms with van der Waals surface area (Å²) in [7, 11) is 0. The molecule has 0 aliphatic carbocycles. The zero-order valence-electron chi connectivity index (χ0n) is 8.07. The predicted octanol–water partition coefficient (Wildman–Crippen LogP) is 4.10. The number of rotatable bonds is 3. The van der Waals surface area contributed by atoms with Gasteiger partial charge in [0.1, 0.15) is 5.82 Å². The Hall–Kier alpha value is -0.710. The van der Waals surface area contributed by atoms with Gasteiger partial charge in [-0.2, -0.15) is 24.9 Å². The molecule has 0 N–H and O–H groups in total. The van der Waals surface area contributed by atoms with E-state index in [1.807, 2.05) is 6.92 Å². The van der Waals surface area contributed by atoms with Crippen molar-refractivity contribution in [1.29, 1.82) is 0 Å². The molecule has 5 heteroatoms. The molecule has 0 aromatic heterocycles. The van der Waals surface area contributed by atoms with Gasteiger partial charge in [-0.05, 0) is 23.4 Å². The van der Waals surface area contributed by atoms with Crippen LogP contribution in [0.4, 0.5) is 17.6 Å². The second-order valence-corrected chi connectivity index (χ2v) is 4.22. The van der Waals surface area contributed by atoms with Gasteiger partial charge in [-0.15, -0.1) is 0 Å². The first-order chi connectivity index (χ1) is 6.95. The monoisotopic (exact) mass is 238 g/mol. The smallest absolute Gasteiger partial charge is 0.206 e. The van der Waals surface area contributed by atoms with Crippen molar-refractivity contribution in [1.82, 2.24) is 0 Å². The van der Waals surface area contributed by atoms with Gasteiger partial charge in [0.05, 0.1) is 5.56 Å². The van der Waals surface area contributed by atoms with Crippen LogP contribution < -0.4 is 0 Å². The Morgan fingerprint density at radius 3 is 2.47 bits per heavy atom. The van der Waals surface area contributed by atoms with Crippen molar-refractivity contribution in [2.24, 2.45) is 0 Å². The maximum Gasteiger partial charge on any atom is 0.419 e. The van der Waals surface area contributed by atoms with Crippen molar-refractivity contribution in [3.05, 3.63) is 35.1 Å². The van der Waals surface area contributed by atoms with Crippen LogP contribution in [0, 0.1) is 5.82 Å². The molecule has 1 aromatic rings. The first-order valence-electron chi connectivity index (χ1n) is 4.38. The van der Waals surface area contributed by atoms with E-state index in [1.54, 1.807) is 0 Å². The third kappa shape index (κ3) is 3.41. The largest absolute Gasteiger partial charge is 0.419 e. The third-order valence-corrected chi connectivity index (χ3v) is 2.75. The fourth-order valence-electron chi connectivity index (χ4n) is 1.10. The highest BCUT2D eigenvalue weighted by molar-refractivity contribution is 7.98. The van der Waals surface area contributed by atoms with Crippen LogP contribution >= 0.6 is 11.8 Å². The first-order valence-corrected chi connectivity index (χ1v) is 5.54. The highest BCUT2D eigenvalue weighted by Crippen LogP contribution is 2.32. The van der Waals surface area contributed by atoms with E-state index < -0.39 is 17.6 Å². The van der Waals surface area contributed by atoms with Gasteiger partial charge in [-0.25, -0.2) is 4.39 Å². The summed E-state index contributed by atoms with van der Waals surface area (Å²) in [6, 6.07) is 3.12. The molecule has 0 unspecified atom stereocenters. The van der Waals surface area contributed by atoms with Gasteiger partial charge in [0.25, 0.3) is 0 Å². The van der Waals surface area contributed by atoms with E-state index in [4.69, 9.17) is 0 Å². The number of hydrogen-bond acceptors (Lipinski definition) is 1. The van der Waals surface area contributed by atoms with E-state index >= 15 is 0 Å². The average molecular weight is 238 g/mol. The zero-order valence-corrected chi connectivity index (χ0v) is 8.88. The van der Waals surface area contributed by atoms with Crippen LogP contribution in [0.25, 0.3) is 0 Å². The van der Waals surface area contributed by atoms with E-state index in [-0.39, 0.29) is 0 Å². The topological polar surface area (TPSA) is 0 Å². The number of alkyl halides is 3. The van der Waals surface area contributed by atoms with Crippen LogP contribution in [0.5, 0.6) is 0 Å². The van der Waals surface area contributed by atoms with Crippen LogP contribution in [0.1, 0.15) is 18.1 Å². The molecule has 1 rings (SSSR count). The quantitative estimate of drug-likeness (QED) is 0.714. The Labute approximate surface area is 89.7 Å². The molecule has 0 nitrogen and oxygen atoms in total. The molecule has 0 radical (unpaired) electrons. The van der Waals surface area contributed by atoms with E-state index in [0.29, 0.717) is 11.3 Å². The number of halogens is 4. The molecule has 0 amide bonds. The Balaban J connectivity index is 2.95. The van der Waals surface area contributed by atoms with Gasteiger partial charge < -0.3 is 0 Å². The van der Waals surface area contributed by atoms with Crippen molar-refractivity contribution >= 4 is 11.8 Å². The van der Waals surface area contributed by atoms with E-state index in [9.17, 15) is 17.6 Å². The van der Waals surface area contributed by atoms with Crippen LogP contribution in [0.15, 0.2) is 18.2 Å². The number of hydrogen-bond donors (Lipinski definition) is 0. The number of benzene rings is 1. The molecular formula is C10H10F4S. The molecule has 0 saturated carbocycles. The van der Waals surface area contributed by atoms with Gasteiger partial charge >= 0.3 is 6.18 Å². The fraction of sp³-hybridized carbons (Fsp3) is 0.400. The fourth-order valence-corrected chi connectivity index (χ4v) is 1.72. The van der Waals surface area contributed by atoms with Crippen molar-refractivity contribution in [3.63, 3.8) is 0 Å². The van der Waals surface area contributed by atoms with Crippen molar-refractivity contribution in [2.75, 3.05) is 5.75 Å². The minimum absolute atomic E-state index is 0.472. The summed E-state index contributed by atoms with van der Waals surface area (Å²) in [5.41, 5.74) is -0.688. The van der Waals surface area contributed by atoms with Crippen LogP contribution in [-0.4, -0.2) is 5.75 Å². The molecule has 0 heterocycles. The van der Waals surface area contributed by atoms with E-state index in [0.717, 1.165) is 17.9 Å². The minimum Gasteiger partial charge on any atom is -0.206 e. The molecule has 15 heavy (non-hydrogen) atoms. The molecule has 0 bridgehead atoms. The van der Waals surface area contributed by atoms with Gasteiger partial charge in [0.15, 0.2) is 0 Å². The molecule has 0 spiro atoms. The maximum atomic E-state index is 12.9. The SMILES string of the molecule is CCSCc1ccc(F)c(C(F)(F)F)c1. The van der Waals surface area contributed by atoms with Crippen molar-refractivity contribution in [3.8, 4) is 0 Å². The van der Waals surface area contributed by atoms with Crippen molar-refractivity contribution in [2.45, 2.75) is 18.9 Å². The van der Waals surface area contributed by atoms with E-state index in [1.165, 1.54) is 17.8 Å². The van der Waals surface area contributed by atoms with Gasteiger partial charge in [0.2, 0.25) is 0 Å².